The molecule has 174 valence electrons. The van der Waals surface area contributed by atoms with Crippen molar-refractivity contribution >= 4 is 67.3 Å². The summed E-state index contributed by atoms with van der Waals surface area (Å²) < 4.78 is 20.7. The van der Waals surface area contributed by atoms with E-state index in [4.69, 9.17) is 22.4 Å². The Labute approximate surface area is 205 Å². The number of carboxylic acid groups (broad SMARTS) is 1. The van der Waals surface area contributed by atoms with Crippen molar-refractivity contribution in [1.29, 1.82) is 5.26 Å². The molecule has 1 atom stereocenters. The van der Waals surface area contributed by atoms with Crippen LogP contribution in [0.15, 0.2) is 57.6 Å². The van der Waals surface area contributed by atoms with Gasteiger partial charge >= 0.3 is 5.97 Å². The molecule has 1 unspecified atom stereocenters. The summed E-state index contributed by atoms with van der Waals surface area (Å²) in [6, 6.07) is 12.9. The van der Waals surface area contributed by atoms with Crippen LogP contribution in [0.25, 0.3) is 11.1 Å². The molecule has 2 aromatic carbocycles. The van der Waals surface area contributed by atoms with Crippen LogP contribution in [0.4, 0.5) is 21.4 Å². The van der Waals surface area contributed by atoms with Gasteiger partial charge in [-0.05, 0) is 35.9 Å². The van der Waals surface area contributed by atoms with Gasteiger partial charge < -0.3 is 20.7 Å². The molecule has 5 N–H and O–H groups in total. The highest BCUT2D eigenvalue weighted by Gasteiger charge is 2.19. The van der Waals surface area contributed by atoms with Gasteiger partial charge in [0.1, 0.15) is 16.1 Å². The summed E-state index contributed by atoms with van der Waals surface area (Å²) in [4.78, 5) is 22.6. The number of rotatable bonds is 8. The van der Waals surface area contributed by atoms with Gasteiger partial charge in [-0.15, -0.1) is 10.2 Å². The number of azo groups is 1. The van der Waals surface area contributed by atoms with Gasteiger partial charge in [-0.3, -0.25) is 9.59 Å². The summed E-state index contributed by atoms with van der Waals surface area (Å²) in [5.41, 5.74) is 7.78. The second-order valence-corrected chi connectivity index (χ2v) is 9.10. The van der Waals surface area contributed by atoms with Crippen molar-refractivity contribution in [2.45, 2.75) is 17.7 Å². The van der Waals surface area contributed by atoms with Gasteiger partial charge in [0.2, 0.25) is 5.91 Å². The van der Waals surface area contributed by atoms with Crippen LogP contribution in [-0.2, 0) is 20.7 Å². The molecule has 0 aliphatic rings. The summed E-state index contributed by atoms with van der Waals surface area (Å²) in [6.07, 6.45) is -0.485. The Kier molecular flexibility index (Phi) is 8.08. The summed E-state index contributed by atoms with van der Waals surface area (Å²) in [6.45, 7) is 0. The quantitative estimate of drug-likeness (QED) is 0.230. The van der Waals surface area contributed by atoms with Crippen LogP contribution in [0.1, 0.15) is 18.4 Å². The third-order valence-corrected chi connectivity index (χ3v) is 6.45. The number of halogens is 1. The molecule has 0 bridgehead atoms. The highest BCUT2D eigenvalue weighted by molar-refractivity contribution is 7.79. The van der Waals surface area contributed by atoms with Crippen LogP contribution >= 0.6 is 22.9 Å². The van der Waals surface area contributed by atoms with Crippen molar-refractivity contribution in [1.82, 2.24) is 0 Å². The molecule has 0 fully saturated rings. The molecule has 0 aliphatic carbocycles. The number of nitrogens with two attached hydrogens (primary N) is 1. The Hall–Kier alpha value is -3.63. The zero-order chi connectivity index (χ0) is 24.8. The number of nitrogens with one attached hydrogen (secondary N) is 1. The average molecular weight is 518 g/mol. The number of nitrogens with zero attached hydrogens (tertiary/aromatic N) is 3. The van der Waals surface area contributed by atoms with Gasteiger partial charge in [0.05, 0.1) is 27.6 Å². The average Bonchev–Trinajstić information content (AvgIpc) is 3.12. The van der Waals surface area contributed by atoms with E-state index < -0.39 is 23.0 Å². The molecule has 1 heterocycles. The number of hydrogen-bond donors (Lipinski definition) is 4. The number of amides is 1. The first-order chi connectivity index (χ1) is 16.2. The van der Waals surface area contributed by atoms with E-state index in [2.05, 4.69) is 15.5 Å². The number of aliphatic carboxylic acids is 1. The number of nitriles is 1. The largest absolute Gasteiger partial charge is 0.481 e. The van der Waals surface area contributed by atoms with Crippen molar-refractivity contribution in [3.05, 3.63) is 53.1 Å². The van der Waals surface area contributed by atoms with Crippen LogP contribution in [0, 0.1) is 11.3 Å². The Bertz CT molecular complexity index is 1370. The van der Waals surface area contributed by atoms with Gasteiger partial charge in [-0.25, -0.2) is 4.21 Å². The number of nitrogen functional groups attached to an aromatic ring is 1. The highest BCUT2D eigenvalue weighted by Crippen LogP contribution is 2.45. The van der Waals surface area contributed by atoms with Gasteiger partial charge in [0.15, 0.2) is 11.1 Å². The lowest BCUT2D eigenvalue weighted by molar-refractivity contribution is -0.138. The first-order valence-corrected chi connectivity index (χ1v) is 11.8. The summed E-state index contributed by atoms with van der Waals surface area (Å²) in [7, 11) is 0. The number of benzene rings is 2. The standard InChI is InChI=1S/C21H16ClN5O5S2/c22-15-5-4-13(9-16(15)34(31)32)26-27-21-19(14(10-23)20(24)33-21)11-2-1-3-12(8-11)25-17(28)6-7-18(29)30/h1-5,8-9H,6-7,24H2,(H,25,28)(H,29,30)(H,31,32). The number of thiophene rings is 1. The first kappa shape index (κ1) is 25.0. The number of carbonyl (C=O) groups excluding carboxylic acids is 1. The molecule has 3 aromatic rings. The normalized spacial score (nSPS) is 11.8. The van der Waals surface area contributed by atoms with E-state index in [-0.39, 0.29) is 39.0 Å². The lowest BCUT2D eigenvalue weighted by atomic mass is 10.0. The SMILES string of the molecule is N#Cc1c(N)sc(N=Nc2ccc(Cl)c(S(=O)O)c2)c1-c1cccc(NC(=O)CCC(=O)O)c1. The first-order valence-electron chi connectivity index (χ1n) is 9.46. The van der Waals surface area contributed by atoms with Crippen LogP contribution in [-0.4, -0.2) is 25.7 Å². The predicted molar refractivity (Wildman–Crippen MR) is 129 cm³/mol. The molecule has 1 amide bonds. The number of carbonyl (C=O) groups is 2. The second kappa shape index (κ2) is 11.0. The molecule has 3 rings (SSSR count). The highest BCUT2D eigenvalue weighted by atomic mass is 35.5. The Balaban J connectivity index is 1.96. The van der Waals surface area contributed by atoms with Crippen LogP contribution in [0.5, 0.6) is 0 Å². The van der Waals surface area contributed by atoms with Crippen LogP contribution < -0.4 is 11.1 Å². The van der Waals surface area contributed by atoms with Crippen molar-refractivity contribution in [3.63, 3.8) is 0 Å². The second-order valence-electron chi connectivity index (χ2n) is 6.72. The van der Waals surface area contributed by atoms with E-state index >= 15 is 0 Å². The van der Waals surface area contributed by atoms with Gasteiger partial charge in [0, 0.05) is 17.7 Å². The summed E-state index contributed by atoms with van der Waals surface area (Å²) in [5, 5.41) is 29.9. The lowest BCUT2D eigenvalue weighted by Crippen LogP contribution is -2.13. The molecule has 0 saturated carbocycles. The van der Waals surface area contributed by atoms with E-state index in [1.807, 2.05) is 6.07 Å². The number of carboxylic acids is 1. The molecule has 1 aromatic heterocycles. The number of anilines is 2. The smallest absolute Gasteiger partial charge is 0.303 e. The van der Waals surface area contributed by atoms with Gasteiger partial charge in [-0.2, -0.15) is 5.26 Å². The van der Waals surface area contributed by atoms with E-state index in [0.29, 0.717) is 21.8 Å². The Morgan fingerprint density at radius 3 is 2.65 bits per heavy atom. The van der Waals surface area contributed by atoms with E-state index in [1.165, 1.54) is 18.2 Å². The van der Waals surface area contributed by atoms with Crippen molar-refractivity contribution in [2.75, 3.05) is 11.1 Å². The fraction of sp³-hybridized carbons (Fsp3) is 0.0952. The van der Waals surface area contributed by atoms with Crippen LogP contribution in [0.2, 0.25) is 5.02 Å². The zero-order valence-corrected chi connectivity index (χ0v) is 19.6. The maximum Gasteiger partial charge on any atom is 0.303 e. The molecule has 0 aliphatic heterocycles. The van der Waals surface area contributed by atoms with Gasteiger partial charge in [-0.1, -0.05) is 35.1 Å². The topological polar surface area (TPSA) is 178 Å². The Morgan fingerprint density at radius 2 is 1.97 bits per heavy atom. The molecule has 13 heteroatoms. The van der Waals surface area contributed by atoms with E-state index in [0.717, 1.165) is 11.3 Å². The summed E-state index contributed by atoms with van der Waals surface area (Å²) >= 11 is 4.63. The van der Waals surface area contributed by atoms with E-state index in [9.17, 15) is 23.6 Å². The molecule has 0 spiro atoms. The van der Waals surface area contributed by atoms with Crippen LogP contribution in [0.3, 0.4) is 0 Å². The minimum Gasteiger partial charge on any atom is -0.481 e. The van der Waals surface area contributed by atoms with Gasteiger partial charge in [0.25, 0.3) is 0 Å². The lowest BCUT2D eigenvalue weighted by Gasteiger charge is -2.07. The fourth-order valence-corrected chi connectivity index (χ4v) is 4.51. The summed E-state index contributed by atoms with van der Waals surface area (Å²) in [5.74, 6) is -1.55. The molecule has 0 radical (unpaired) electrons. The monoisotopic (exact) mass is 517 g/mol. The van der Waals surface area contributed by atoms with Crippen molar-refractivity contribution in [3.8, 4) is 17.2 Å². The minimum absolute atomic E-state index is 0.0203. The third kappa shape index (κ3) is 6.03. The van der Waals surface area contributed by atoms with Crippen molar-refractivity contribution < 1.29 is 23.5 Å². The molecule has 10 nitrogen and oxygen atoms in total. The fourth-order valence-electron chi connectivity index (χ4n) is 2.87. The third-order valence-electron chi connectivity index (χ3n) is 4.39. The maximum absolute atomic E-state index is 12.0. The van der Waals surface area contributed by atoms with Crippen molar-refractivity contribution in [2.24, 2.45) is 10.2 Å². The molecule has 0 saturated heterocycles. The Morgan fingerprint density at radius 1 is 1.21 bits per heavy atom. The number of hydrogen-bond acceptors (Lipinski definition) is 8. The molecular formula is C21H16ClN5O5S2. The molecule has 34 heavy (non-hydrogen) atoms. The minimum atomic E-state index is -2.31. The maximum atomic E-state index is 12.0. The zero-order valence-electron chi connectivity index (χ0n) is 17.2. The molecular weight excluding hydrogens is 502 g/mol. The predicted octanol–water partition coefficient (Wildman–Crippen LogP) is 5.32. The van der Waals surface area contributed by atoms with E-state index in [1.54, 1.807) is 24.3 Å².